The number of benzene rings is 11. The molecule has 2 aromatic heterocycles. The lowest BCUT2D eigenvalue weighted by Gasteiger charge is -2.27. The first-order chi connectivity index (χ1) is 32.3. The molecule has 0 spiro atoms. The van der Waals surface area contributed by atoms with Gasteiger partial charge >= 0.3 is 0 Å². The minimum absolute atomic E-state index is 0.866. The number of rotatable bonds is 7. The topological polar surface area (TPSA) is 21.3 Å². The van der Waals surface area contributed by atoms with Crippen LogP contribution in [0.5, 0.6) is 0 Å². The van der Waals surface area contributed by atoms with Crippen LogP contribution in [0.1, 0.15) is 0 Å². The van der Waals surface area contributed by atoms with Crippen LogP contribution >= 0.6 is 0 Å². The summed E-state index contributed by atoms with van der Waals surface area (Å²) in [5, 5.41) is 9.50. The van der Waals surface area contributed by atoms with E-state index in [0.717, 1.165) is 61.4 Å². The van der Waals surface area contributed by atoms with Crippen molar-refractivity contribution in [1.29, 1.82) is 0 Å². The van der Waals surface area contributed by atoms with Crippen LogP contribution in [0.2, 0.25) is 0 Å². The molecule has 0 aliphatic heterocycles. The fourth-order valence-corrected chi connectivity index (χ4v) is 10.2. The Bertz CT molecular complexity index is 3920. The van der Waals surface area contributed by atoms with Crippen molar-refractivity contribution >= 4 is 82.4 Å². The summed E-state index contributed by atoms with van der Waals surface area (Å²) in [7, 11) is 0. The first-order valence-corrected chi connectivity index (χ1v) is 22.3. The summed E-state index contributed by atoms with van der Waals surface area (Å²) in [5.41, 5.74) is 15.4. The Morgan fingerprint density at radius 1 is 0.354 bits per heavy atom. The number of para-hydroxylation sites is 3. The molecule has 65 heavy (non-hydrogen) atoms. The van der Waals surface area contributed by atoms with Crippen molar-refractivity contribution in [2.75, 3.05) is 4.90 Å². The standard InChI is InChI=1S/C62H40N2O/c1-4-16-41(17-5-1)51-26-14-27-54-59-50(25-15-28-56(59)64(61(51)54)46-21-8-3-9-22-46)44-32-35-47(36-33-44)63(48-37-34-45-31-30-43-20-10-11-23-49(43)55(45)40-48)57-39-38-52(42-18-6-2-7-19-42)62-60(57)53-24-12-13-29-58(53)65-62/h1-40H. The van der Waals surface area contributed by atoms with E-state index in [9.17, 15) is 0 Å². The third-order valence-electron chi connectivity index (χ3n) is 13.2. The van der Waals surface area contributed by atoms with Gasteiger partial charge in [0, 0.05) is 44.3 Å². The third kappa shape index (κ3) is 5.97. The number of aromatic nitrogens is 1. The molecule has 304 valence electrons. The fraction of sp³-hybridized carbons (Fsp3) is 0. The first-order valence-electron chi connectivity index (χ1n) is 22.3. The molecule has 0 saturated carbocycles. The summed E-state index contributed by atoms with van der Waals surface area (Å²) in [6, 6.07) is 87.6. The zero-order valence-corrected chi connectivity index (χ0v) is 35.4. The van der Waals surface area contributed by atoms with Gasteiger partial charge in [-0.25, -0.2) is 0 Å². The largest absolute Gasteiger partial charge is 0.455 e. The maximum atomic E-state index is 6.82. The van der Waals surface area contributed by atoms with Crippen LogP contribution in [0.25, 0.3) is 104 Å². The number of nitrogens with zero attached hydrogens (tertiary/aromatic N) is 2. The quantitative estimate of drug-likeness (QED) is 0.149. The molecular formula is C62H40N2O. The lowest BCUT2D eigenvalue weighted by atomic mass is 9.96. The molecule has 0 radical (unpaired) electrons. The summed E-state index contributed by atoms with van der Waals surface area (Å²) in [5.74, 6) is 0. The summed E-state index contributed by atoms with van der Waals surface area (Å²) in [6.07, 6.45) is 0. The van der Waals surface area contributed by atoms with E-state index in [4.69, 9.17) is 4.42 Å². The van der Waals surface area contributed by atoms with Crippen LogP contribution < -0.4 is 4.90 Å². The molecule has 0 saturated heterocycles. The number of fused-ring (bicyclic) bond motifs is 9. The van der Waals surface area contributed by atoms with Gasteiger partial charge in [-0.2, -0.15) is 0 Å². The predicted octanol–water partition coefficient (Wildman–Crippen LogP) is 17.5. The van der Waals surface area contributed by atoms with Crippen molar-refractivity contribution in [3.05, 3.63) is 243 Å². The van der Waals surface area contributed by atoms with E-state index in [0.29, 0.717) is 0 Å². The van der Waals surface area contributed by atoms with E-state index in [1.807, 2.05) is 0 Å². The molecule has 0 amide bonds. The number of hydrogen-bond acceptors (Lipinski definition) is 2. The van der Waals surface area contributed by atoms with E-state index < -0.39 is 0 Å². The summed E-state index contributed by atoms with van der Waals surface area (Å²) in [6.45, 7) is 0. The molecule has 0 atom stereocenters. The number of hydrogen-bond donors (Lipinski definition) is 0. The van der Waals surface area contributed by atoms with Crippen molar-refractivity contribution < 1.29 is 4.42 Å². The van der Waals surface area contributed by atoms with Gasteiger partial charge in [-0.15, -0.1) is 0 Å². The van der Waals surface area contributed by atoms with E-state index in [2.05, 4.69) is 252 Å². The van der Waals surface area contributed by atoms with Crippen LogP contribution in [-0.4, -0.2) is 4.57 Å². The Morgan fingerprint density at radius 3 is 1.72 bits per heavy atom. The Labute approximate surface area is 376 Å². The van der Waals surface area contributed by atoms with Gasteiger partial charge in [0.15, 0.2) is 0 Å². The molecule has 2 heterocycles. The van der Waals surface area contributed by atoms with Crippen molar-refractivity contribution in [3.8, 4) is 39.1 Å². The van der Waals surface area contributed by atoms with Crippen LogP contribution in [0.15, 0.2) is 247 Å². The minimum Gasteiger partial charge on any atom is -0.455 e. The zero-order valence-electron chi connectivity index (χ0n) is 35.4. The Morgan fingerprint density at radius 2 is 0.938 bits per heavy atom. The van der Waals surface area contributed by atoms with Crippen LogP contribution in [-0.2, 0) is 0 Å². The Kier molecular flexibility index (Phi) is 8.53. The summed E-state index contributed by atoms with van der Waals surface area (Å²) >= 11 is 0. The second kappa shape index (κ2) is 15.0. The van der Waals surface area contributed by atoms with Crippen LogP contribution in [0, 0.1) is 0 Å². The molecule has 13 rings (SSSR count). The molecule has 11 aromatic carbocycles. The zero-order chi connectivity index (χ0) is 42.8. The van der Waals surface area contributed by atoms with E-state index in [1.54, 1.807) is 0 Å². The van der Waals surface area contributed by atoms with E-state index in [1.165, 1.54) is 60.0 Å². The highest BCUT2D eigenvalue weighted by atomic mass is 16.3. The predicted molar refractivity (Wildman–Crippen MR) is 274 cm³/mol. The van der Waals surface area contributed by atoms with Gasteiger partial charge in [0.05, 0.1) is 22.1 Å². The molecule has 0 unspecified atom stereocenters. The van der Waals surface area contributed by atoms with Gasteiger partial charge in [-0.3, -0.25) is 0 Å². The SMILES string of the molecule is c1ccc(-c2ccc(N(c3ccc(-c4cccc5c4c4cccc(-c6ccccc6)c4n5-c4ccccc4)cc3)c3ccc4ccc5ccccc5c4c3)c3c2oc2ccccc23)cc1. The average Bonchev–Trinajstić information content (AvgIpc) is 3.94. The van der Waals surface area contributed by atoms with Gasteiger partial charge in [0.25, 0.3) is 0 Å². The number of furan rings is 1. The summed E-state index contributed by atoms with van der Waals surface area (Å²) < 4.78 is 9.26. The molecule has 3 heteroatoms. The smallest absolute Gasteiger partial charge is 0.145 e. The minimum atomic E-state index is 0.866. The monoisotopic (exact) mass is 828 g/mol. The lowest BCUT2D eigenvalue weighted by Crippen LogP contribution is -2.10. The van der Waals surface area contributed by atoms with Crippen molar-refractivity contribution in [3.63, 3.8) is 0 Å². The van der Waals surface area contributed by atoms with E-state index in [-0.39, 0.29) is 0 Å². The molecule has 0 aliphatic carbocycles. The Balaban J connectivity index is 1.04. The van der Waals surface area contributed by atoms with Gasteiger partial charge in [-0.05, 0) is 104 Å². The highest BCUT2D eigenvalue weighted by Crippen LogP contribution is 2.48. The Hall–Kier alpha value is -8.66. The van der Waals surface area contributed by atoms with Crippen molar-refractivity contribution in [1.82, 2.24) is 4.57 Å². The van der Waals surface area contributed by atoms with Crippen molar-refractivity contribution in [2.24, 2.45) is 0 Å². The highest BCUT2D eigenvalue weighted by molar-refractivity contribution is 6.20. The molecule has 13 aromatic rings. The lowest BCUT2D eigenvalue weighted by molar-refractivity contribution is 0.670. The molecule has 0 aliphatic rings. The maximum absolute atomic E-state index is 6.82. The van der Waals surface area contributed by atoms with Gasteiger partial charge < -0.3 is 13.9 Å². The molecule has 0 bridgehead atoms. The second-order valence-electron chi connectivity index (χ2n) is 16.8. The van der Waals surface area contributed by atoms with Crippen LogP contribution in [0.4, 0.5) is 17.1 Å². The first kappa shape index (κ1) is 36.9. The fourth-order valence-electron chi connectivity index (χ4n) is 10.2. The number of anilines is 3. The van der Waals surface area contributed by atoms with Gasteiger partial charge in [0.2, 0.25) is 0 Å². The highest BCUT2D eigenvalue weighted by Gasteiger charge is 2.24. The third-order valence-corrected chi connectivity index (χ3v) is 13.2. The van der Waals surface area contributed by atoms with E-state index >= 15 is 0 Å². The second-order valence-corrected chi connectivity index (χ2v) is 16.8. The maximum Gasteiger partial charge on any atom is 0.145 e. The van der Waals surface area contributed by atoms with Crippen molar-refractivity contribution in [2.45, 2.75) is 0 Å². The molecule has 0 fully saturated rings. The normalized spacial score (nSPS) is 11.7. The van der Waals surface area contributed by atoms with Gasteiger partial charge in [-0.1, -0.05) is 182 Å². The average molecular weight is 829 g/mol. The molecule has 3 nitrogen and oxygen atoms in total. The molecule has 0 N–H and O–H groups in total. The van der Waals surface area contributed by atoms with Gasteiger partial charge in [0.1, 0.15) is 11.2 Å². The summed E-state index contributed by atoms with van der Waals surface area (Å²) in [4.78, 5) is 2.41. The molecular weight excluding hydrogens is 789 g/mol. The van der Waals surface area contributed by atoms with Crippen LogP contribution in [0.3, 0.4) is 0 Å².